The van der Waals surface area contributed by atoms with Crippen molar-refractivity contribution in [2.75, 3.05) is 0 Å². The molecule has 0 aliphatic heterocycles. The number of carbonyl (C=O) groups is 1. The van der Waals surface area contributed by atoms with Gasteiger partial charge in [0.25, 0.3) is 0 Å². The molecule has 0 radical (unpaired) electrons. The van der Waals surface area contributed by atoms with E-state index in [0.717, 1.165) is 23.3 Å². The Bertz CT molecular complexity index is 502. The van der Waals surface area contributed by atoms with E-state index in [4.69, 9.17) is 0 Å². The van der Waals surface area contributed by atoms with Crippen LogP contribution in [-0.4, -0.2) is 5.12 Å². The highest BCUT2D eigenvalue weighted by molar-refractivity contribution is 8.14. The lowest BCUT2D eigenvalue weighted by Gasteiger charge is -2.02. The van der Waals surface area contributed by atoms with E-state index in [2.05, 4.69) is 6.92 Å². The van der Waals surface area contributed by atoms with Gasteiger partial charge >= 0.3 is 0 Å². The largest absolute Gasteiger partial charge is 0.281 e. The maximum Gasteiger partial charge on any atom is 0.224 e. The summed E-state index contributed by atoms with van der Waals surface area (Å²) in [6.45, 7) is 2.16. The summed E-state index contributed by atoms with van der Waals surface area (Å²) in [7, 11) is 0. The molecule has 0 fully saturated rings. The maximum absolute atomic E-state index is 12.0. The summed E-state index contributed by atoms with van der Waals surface area (Å²) in [5, 5.41) is 0.101. The zero-order valence-corrected chi connectivity index (χ0v) is 11.2. The highest BCUT2D eigenvalue weighted by Gasteiger charge is 2.07. The van der Waals surface area contributed by atoms with Crippen LogP contribution in [0, 0.1) is 0 Å². The lowest BCUT2D eigenvalue weighted by Crippen LogP contribution is -1.93. The Morgan fingerprint density at radius 1 is 1.00 bits per heavy atom. The molecule has 18 heavy (non-hydrogen) atoms. The van der Waals surface area contributed by atoms with Crippen LogP contribution in [0.5, 0.6) is 0 Å². The van der Waals surface area contributed by atoms with Crippen LogP contribution < -0.4 is 0 Å². The molecule has 0 saturated carbocycles. The molecule has 2 aromatic carbocycles. The predicted molar refractivity (Wildman–Crippen MR) is 77.1 cm³/mol. The van der Waals surface area contributed by atoms with E-state index in [1.165, 1.54) is 17.3 Å². The number of benzene rings is 2. The average Bonchev–Trinajstić information content (AvgIpc) is 2.41. The molecular formula is C16H16OS. The molecule has 0 amide bonds. The van der Waals surface area contributed by atoms with Crippen LogP contribution in [0.15, 0.2) is 59.5 Å². The van der Waals surface area contributed by atoms with Gasteiger partial charge in [-0.2, -0.15) is 0 Å². The van der Waals surface area contributed by atoms with Crippen LogP contribution in [0.4, 0.5) is 0 Å². The van der Waals surface area contributed by atoms with Crippen LogP contribution in [0.2, 0.25) is 0 Å². The van der Waals surface area contributed by atoms with Gasteiger partial charge < -0.3 is 0 Å². The molecule has 0 aromatic heterocycles. The first-order chi connectivity index (χ1) is 8.79. The first-order valence-electron chi connectivity index (χ1n) is 6.16. The number of hydrogen-bond donors (Lipinski definition) is 0. The zero-order chi connectivity index (χ0) is 12.8. The number of thioether (sulfide) groups is 1. The van der Waals surface area contributed by atoms with Gasteiger partial charge in [-0.25, -0.2) is 0 Å². The lowest BCUT2D eigenvalue weighted by atomic mass is 10.1. The Morgan fingerprint density at radius 3 is 2.28 bits per heavy atom. The fraction of sp³-hybridized carbons (Fsp3) is 0.188. The van der Waals surface area contributed by atoms with Crippen LogP contribution in [0.25, 0.3) is 0 Å². The van der Waals surface area contributed by atoms with Crippen molar-refractivity contribution in [2.24, 2.45) is 0 Å². The lowest BCUT2D eigenvalue weighted by molar-refractivity contribution is 0.108. The number of aryl methyl sites for hydroxylation is 1. The van der Waals surface area contributed by atoms with Gasteiger partial charge in [0.15, 0.2) is 0 Å². The second kappa shape index (κ2) is 6.41. The first-order valence-corrected chi connectivity index (χ1v) is 6.97. The van der Waals surface area contributed by atoms with Crippen LogP contribution in [-0.2, 0) is 6.42 Å². The van der Waals surface area contributed by atoms with Gasteiger partial charge in [0.05, 0.1) is 0 Å². The summed E-state index contributed by atoms with van der Waals surface area (Å²) in [5.74, 6) is 0. The van der Waals surface area contributed by atoms with Gasteiger partial charge in [0, 0.05) is 10.5 Å². The average molecular weight is 256 g/mol. The highest BCUT2D eigenvalue weighted by Crippen LogP contribution is 2.22. The highest BCUT2D eigenvalue weighted by atomic mass is 32.2. The molecule has 2 aromatic rings. The Balaban J connectivity index is 2.05. The molecule has 0 atom stereocenters. The Labute approximate surface area is 112 Å². The summed E-state index contributed by atoms with van der Waals surface area (Å²) < 4.78 is 0. The van der Waals surface area contributed by atoms with Gasteiger partial charge in [-0.05, 0) is 35.9 Å². The van der Waals surface area contributed by atoms with Crippen LogP contribution in [0.1, 0.15) is 29.3 Å². The van der Waals surface area contributed by atoms with Crippen LogP contribution >= 0.6 is 11.8 Å². The molecular weight excluding hydrogens is 240 g/mol. The van der Waals surface area contributed by atoms with Crippen molar-refractivity contribution in [1.29, 1.82) is 0 Å². The monoisotopic (exact) mass is 256 g/mol. The second-order valence-electron chi connectivity index (χ2n) is 4.15. The van der Waals surface area contributed by atoms with E-state index in [1.54, 1.807) is 0 Å². The Morgan fingerprint density at radius 2 is 1.67 bits per heavy atom. The maximum atomic E-state index is 12.0. The van der Waals surface area contributed by atoms with Crippen molar-refractivity contribution in [1.82, 2.24) is 0 Å². The molecule has 0 N–H and O–H groups in total. The fourth-order valence-electron chi connectivity index (χ4n) is 1.75. The summed E-state index contributed by atoms with van der Waals surface area (Å²) in [6, 6.07) is 17.7. The molecule has 2 rings (SSSR count). The standard InChI is InChI=1S/C16H16OS/c1-2-6-13-9-11-14(12-10-13)16(17)18-15-7-4-3-5-8-15/h3-5,7-12H,2,6H2,1H3. The topological polar surface area (TPSA) is 17.1 Å². The fourth-order valence-corrected chi connectivity index (χ4v) is 2.51. The smallest absolute Gasteiger partial charge is 0.224 e. The molecule has 0 unspecified atom stereocenters. The van der Waals surface area contributed by atoms with Gasteiger partial charge in [-0.3, -0.25) is 4.79 Å². The van der Waals surface area contributed by atoms with Gasteiger partial charge in [-0.1, -0.05) is 55.8 Å². The molecule has 1 nitrogen and oxygen atoms in total. The third-order valence-corrected chi connectivity index (χ3v) is 3.61. The molecule has 0 aliphatic rings. The van der Waals surface area contributed by atoms with E-state index in [1.807, 2.05) is 54.6 Å². The second-order valence-corrected chi connectivity index (χ2v) is 5.20. The van der Waals surface area contributed by atoms with Crippen LogP contribution in [0.3, 0.4) is 0 Å². The van der Waals surface area contributed by atoms with E-state index >= 15 is 0 Å². The number of rotatable bonds is 4. The molecule has 0 heterocycles. The van der Waals surface area contributed by atoms with Gasteiger partial charge in [0.1, 0.15) is 0 Å². The van der Waals surface area contributed by atoms with E-state index in [9.17, 15) is 4.79 Å². The summed E-state index contributed by atoms with van der Waals surface area (Å²) in [4.78, 5) is 13.0. The molecule has 0 bridgehead atoms. The molecule has 0 spiro atoms. The molecule has 0 aliphatic carbocycles. The van der Waals surface area contributed by atoms with Crippen molar-refractivity contribution < 1.29 is 4.79 Å². The third kappa shape index (κ3) is 3.47. The SMILES string of the molecule is CCCc1ccc(C(=O)Sc2ccccc2)cc1. The van der Waals surface area contributed by atoms with Gasteiger partial charge in [0.2, 0.25) is 5.12 Å². The Hall–Kier alpha value is -1.54. The quantitative estimate of drug-likeness (QED) is 0.745. The van der Waals surface area contributed by atoms with Crippen molar-refractivity contribution in [3.05, 3.63) is 65.7 Å². The molecule has 0 saturated heterocycles. The van der Waals surface area contributed by atoms with Gasteiger partial charge in [-0.15, -0.1) is 0 Å². The number of hydrogen-bond acceptors (Lipinski definition) is 2. The van der Waals surface area contributed by atoms with Crippen molar-refractivity contribution in [2.45, 2.75) is 24.7 Å². The van der Waals surface area contributed by atoms with E-state index in [-0.39, 0.29) is 5.12 Å². The minimum Gasteiger partial charge on any atom is -0.281 e. The summed E-state index contributed by atoms with van der Waals surface area (Å²) in [6.07, 6.45) is 2.20. The normalized spacial score (nSPS) is 10.3. The van der Waals surface area contributed by atoms with E-state index in [0.29, 0.717) is 0 Å². The predicted octanol–water partition coefficient (Wildman–Crippen LogP) is 4.57. The summed E-state index contributed by atoms with van der Waals surface area (Å²) in [5.41, 5.74) is 2.06. The minimum atomic E-state index is 0.101. The summed E-state index contributed by atoms with van der Waals surface area (Å²) >= 11 is 1.28. The van der Waals surface area contributed by atoms with E-state index < -0.39 is 0 Å². The Kier molecular flexibility index (Phi) is 4.59. The molecule has 92 valence electrons. The number of carbonyl (C=O) groups excluding carboxylic acids is 1. The first kappa shape index (κ1) is 12.9. The molecule has 2 heteroatoms. The zero-order valence-electron chi connectivity index (χ0n) is 10.4. The third-order valence-electron chi connectivity index (χ3n) is 2.68. The van der Waals surface area contributed by atoms with Crippen molar-refractivity contribution in [3.8, 4) is 0 Å². The van der Waals surface area contributed by atoms with Crippen molar-refractivity contribution >= 4 is 16.9 Å². The van der Waals surface area contributed by atoms with Crippen molar-refractivity contribution in [3.63, 3.8) is 0 Å². The minimum absolute atomic E-state index is 0.101.